The molecule has 0 saturated carbocycles. The van der Waals surface area contributed by atoms with Crippen molar-refractivity contribution in [1.82, 2.24) is 24.3 Å². The van der Waals surface area contributed by atoms with Gasteiger partial charge in [-0.25, -0.2) is 23.7 Å². The fourth-order valence-corrected chi connectivity index (χ4v) is 3.74. The molecule has 1 amide bonds. The first-order valence-corrected chi connectivity index (χ1v) is 10.4. The summed E-state index contributed by atoms with van der Waals surface area (Å²) < 4.78 is 76.0. The minimum atomic E-state index is -4.58. The number of rotatable bonds is 6. The number of piperidine rings is 1. The Morgan fingerprint density at radius 3 is 2.68 bits per heavy atom. The third-order valence-electron chi connectivity index (χ3n) is 5.40. The molecule has 3 aromatic heterocycles. The van der Waals surface area contributed by atoms with Crippen LogP contribution in [0.3, 0.4) is 0 Å². The minimum Gasteiger partial charge on any atom is -0.470 e. The van der Waals surface area contributed by atoms with E-state index in [-0.39, 0.29) is 35.4 Å². The van der Waals surface area contributed by atoms with Crippen molar-refractivity contribution in [3.05, 3.63) is 48.2 Å². The van der Waals surface area contributed by atoms with Crippen molar-refractivity contribution in [3.8, 4) is 11.8 Å². The van der Waals surface area contributed by atoms with Gasteiger partial charge < -0.3 is 14.4 Å². The zero-order valence-electron chi connectivity index (χ0n) is 17.9. The van der Waals surface area contributed by atoms with Crippen LogP contribution in [0, 0.1) is 0 Å². The van der Waals surface area contributed by atoms with Crippen LogP contribution in [0.5, 0.6) is 11.8 Å². The highest BCUT2D eigenvalue weighted by atomic mass is 19.4. The molecule has 1 aliphatic heterocycles. The summed E-state index contributed by atoms with van der Waals surface area (Å²) in [6.45, 7) is 0.328. The maximum atomic E-state index is 13.2. The van der Waals surface area contributed by atoms with Crippen LogP contribution < -0.4 is 9.47 Å². The molecule has 0 radical (unpaired) electrons. The molecule has 1 saturated heterocycles. The lowest BCUT2D eigenvalue weighted by Crippen LogP contribution is -2.49. The van der Waals surface area contributed by atoms with E-state index in [1.165, 1.54) is 40.0 Å². The molecule has 0 bridgehead atoms. The normalized spacial score (nSPS) is 19.0. The summed E-state index contributed by atoms with van der Waals surface area (Å²) in [6.07, 6.45) is -1.85. The third-order valence-corrected chi connectivity index (χ3v) is 5.40. The Labute approximate surface area is 190 Å². The summed E-state index contributed by atoms with van der Waals surface area (Å²) in [7, 11) is 0. The van der Waals surface area contributed by atoms with Crippen LogP contribution in [0.4, 0.5) is 22.0 Å². The number of aromatic nitrogens is 4. The second kappa shape index (κ2) is 9.39. The Morgan fingerprint density at radius 2 is 1.94 bits per heavy atom. The predicted molar refractivity (Wildman–Crippen MR) is 108 cm³/mol. The average Bonchev–Trinajstić information content (AvgIpc) is 3.24. The molecule has 13 heteroatoms. The van der Waals surface area contributed by atoms with E-state index in [1.54, 1.807) is 0 Å². The largest absolute Gasteiger partial charge is 0.470 e. The van der Waals surface area contributed by atoms with Crippen LogP contribution in [0.25, 0.3) is 5.65 Å². The van der Waals surface area contributed by atoms with E-state index in [0.717, 1.165) is 6.20 Å². The van der Waals surface area contributed by atoms with Gasteiger partial charge in [0.05, 0.1) is 12.7 Å². The summed E-state index contributed by atoms with van der Waals surface area (Å²) in [4.78, 5) is 26.5. The maximum absolute atomic E-state index is 13.2. The number of carbonyl (C=O) groups is 1. The molecule has 1 aliphatic rings. The van der Waals surface area contributed by atoms with Crippen molar-refractivity contribution < 1.29 is 36.2 Å². The zero-order chi connectivity index (χ0) is 24.5. The minimum absolute atomic E-state index is 0.0388. The first kappa shape index (κ1) is 23.6. The Bertz CT molecular complexity index is 1170. The summed E-state index contributed by atoms with van der Waals surface area (Å²) in [5.41, 5.74) is -0.294. The highest BCUT2D eigenvalue weighted by Gasteiger charge is 2.34. The molecule has 4 heterocycles. The molecule has 0 aromatic carbocycles. The van der Waals surface area contributed by atoms with Gasteiger partial charge in [-0.2, -0.15) is 13.2 Å². The topological polar surface area (TPSA) is 81.9 Å². The fourth-order valence-electron chi connectivity index (χ4n) is 3.74. The van der Waals surface area contributed by atoms with E-state index in [1.807, 2.05) is 6.92 Å². The molecule has 1 fully saturated rings. The summed E-state index contributed by atoms with van der Waals surface area (Å²) in [6, 6.07) is 2.54. The van der Waals surface area contributed by atoms with Crippen molar-refractivity contribution in [2.24, 2.45) is 0 Å². The molecule has 0 unspecified atom stereocenters. The molecule has 0 spiro atoms. The number of alkyl halides is 5. The van der Waals surface area contributed by atoms with Gasteiger partial charge in [0.1, 0.15) is 17.4 Å². The lowest BCUT2D eigenvalue weighted by molar-refractivity contribution is -0.154. The van der Waals surface area contributed by atoms with Crippen LogP contribution in [-0.2, 0) is 0 Å². The standard InChI is InChI=1S/C21H20F5N5O3/c1-12-4-5-13(34-19-17-29-9-15(16(22)23)30(17)8-7-28-19)10-31(12)20(32)14-3-2-6-27-18(14)33-11-21(24,25)26/h2-3,6-9,12-13,16H,4-5,10-11H2,1H3/t12-,13-/m1/s1. The molecular weight excluding hydrogens is 465 g/mol. The smallest absolute Gasteiger partial charge is 0.422 e. The Kier molecular flexibility index (Phi) is 6.53. The van der Waals surface area contributed by atoms with E-state index in [2.05, 4.69) is 15.0 Å². The van der Waals surface area contributed by atoms with Gasteiger partial charge in [0.25, 0.3) is 18.2 Å². The predicted octanol–water partition coefficient (Wildman–Crippen LogP) is 4.08. The fraction of sp³-hybridized carbons (Fsp3) is 0.429. The quantitative estimate of drug-likeness (QED) is 0.490. The molecule has 3 aromatic rings. The second-order valence-corrected chi connectivity index (χ2v) is 7.79. The van der Waals surface area contributed by atoms with Crippen LogP contribution in [0.2, 0.25) is 0 Å². The number of hydrogen-bond acceptors (Lipinski definition) is 6. The molecule has 182 valence electrons. The zero-order valence-corrected chi connectivity index (χ0v) is 17.9. The summed E-state index contributed by atoms with van der Waals surface area (Å²) >= 11 is 0. The van der Waals surface area contributed by atoms with Gasteiger partial charge in [-0.1, -0.05) is 0 Å². The SMILES string of the molecule is C[C@@H]1CC[C@@H](Oc2nccn3c(C(F)F)cnc23)CN1C(=O)c1cccnc1OCC(F)(F)F. The lowest BCUT2D eigenvalue weighted by Gasteiger charge is -2.37. The van der Waals surface area contributed by atoms with E-state index < -0.39 is 37.1 Å². The molecule has 2 atom stereocenters. The van der Waals surface area contributed by atoms with Crippen LogP contribution in [0.1, 0.15) is 42.2 Å². The van der Waals surface area contributed by atoms with Crippen molar-refractivity contribution in [2.75, 3.05) is 13.2 Å². The van der Waals surface area contributed by atoms with Crippen molar-refractivity contribution in [1.29, 1.82) is 0 Å². The van der Waals surface area contributed by atoms with Gasteiger partial charge in [0, 0.05) is 24.6 Å². The number of imidazole rings is 1. The molecule has 34 heavy (non-hydrogen) atoms. The highest BCUT2D eigenvalue weighted by molar-refractivity contribution is 5.96. The van der Waals surface area contributed by atoms with Crippen LogP contribution >= 0.6 is 0 Å². The first-order chi connectivity index (χ1) is 16.1. The van der Waals surface area contributed by atoms with E-state index in [4.69, 9.17) is 9.47 Å². The summed E-state index contributed by atoms with van der Waals surface area (Å²) in [5, 5.41) is 0. The lowest BCUT2D eigenvalue weighted by atomic mass is 10.00. The first-order valence-electron chi connectivity index (χ1n) is 10.4. The molecule has 0 N–H and O–H groups in total. The molecular formula is C21H20F5N5O3. The van der Waals surface area contributed by atoms with Crippen molar-refractivity contribution in [3.63, 3.8) is 0 Å². The molecule has 4 rings (SSSR count). The van der Waals surface area contributed by atoms with E-state index in [9.17, 15) is 26.7 Å². The van der Waals surface area contributed by atoms with Crippen molar-refractivity contribution in [2.45, 2.75) is 44.5 Å². The van der Waals surface area contributed by atoms with Gasteiger partial charge in [-0.3, -0.25) is 9.20 Å². The molecule has 8 nitrogen and oxygen atoms in total. The van der Waals surface area contributed by atoms with E-state index >= 15 is 0 Å². The number of ether oxygens (including phenoxy) is 2. The number of nitrogens with zero attached hydrogens (tertiary/aromatic N) is 5. The van der Waals surface area contributed by atoms with Crippen molar-refractivity contribution >= 4 is 11.6 Å². The van der Waals surface area contributed by atoms with E-state index in [0.29, 0.717) is 12.8 Å². The van der Waals surface area contributed by atoms with Gasteiger partial charge in [-0.15, -0.1) is 0 Å². The van der Waals surface area contributed by atoms with Gasteiger partial charge >= 0.3 is 6.18 Å². The monoisotopic (exact) mass is 485 g/mol. The van der Waals surface area contributed by atoms with Crippen LogP contribution in [-0.4, -0.2) is 61.6 Å². The number of carbonyl (C=O) groups excluding carboxylic acids is 1. The number of pyridine rings is 1. The Balaban J connectivity index is 1.52. The number of halogens is 5. The third kappa shape index (κ3) is 5.02. The Morgan fingerprint density at radius 1 is 1.18 bits per heavy atom. The number of fused-ring (bicyclic) bond motifs is 1. The number of hydrogen-bond donors (Lipinski definition) is 0. The average molecular weight is 485 g/mol. The van der Waals surface area contributed by atoms with Crippen LogP contribution in [0.15, 0.2) is 36.9 Å². The number of amides is 1. The van der Waals surface area contributed by atoms with Gasteiger partial charge in [0.15, 0.2) is 6.61 Å². The highest BCUT2D eigenvalue weighted by Crippen LogP contribution is 2.28. The Hall–Kier alpha value is -3.51. The number of likely N-dealkylation sites (tertiary alicyclic amines) is 1. The van der Waals surface area contributed by atoms with Gasteiger partial charge in [-0.05, 0) is 31.9 Å². The molecule has 0 aliphatic carbocycles. The van der Waals surface area contributed by atoms with Gasteiger partial charge in [0.2, 0.25) is 11.5 Å². The second-order valence-electron chi connectivity index (χ2n) is 7.79. The maximum Gasteiger partial charge on any atom is 0.422 e. The summed E-state index contributed by atoms with van der Waals surface area (Å²) in [5.74, 6) is -0.932.